The van der Waals surface area contributed by atoms with Crippen molar-refractivity contribution in [2.45, 2.75) is 103 Å². The summed E-state index contributed by atoms with van der Waals surface area (Å²) in [6.07, 6.45) is 8.04. The molecule has 3 atom stereocenters. The van der Waals surface area contributed by atoms with E-state index < -0.39 is 36.4 Å². The third-order valence-corrected chi connectivity index (χ3v) is 9.83. The summed E-state index contributed by atoms with van der Waals surface area (Å²) in [7, 11) is 1.25. The highest BCUT2D eigenvalue weighted by Crippen LogP contribution is 2.41. The Morgan fingerprint density at radius 1 is 1.04 bits per heavy atom. The number of anilines is 1. The summed E-state index contributed by atoms with van der Waals surface area (Å²) in [4.78, 5) is 58.2. The van der Waals surface area contributed by atoms with Crippen LogP contribution in [0.25, 0.3) is 11.1 Å². The van der Waals surface area contributed by atoms with Crippen molar-refractivity contribution in [1.29, 1.82) is 0 Å². The number of alkyl carbamates (subject to hydrolysis) is 1. The SMILES string of the molecule is COC(=O)c1nc2cc(NC(=O)[C@@H]3[C@H](C4CCCCC4)CCN3C(=O)C3CCC([C@@H](CF)NC(=O)OC(C)(C)C)CC3)ccc2o1. The number of halogens is 1. The van der Waals surface area contributed by atoms with Crippen LogP contribution in [0.15, 0.2) is 22.6 Å². The summed E-state index contributed by atoms with van der Waals surface area (Å²) >= 11 is 0. The van der Waals surface area contributed by atoms with Crippen LogP contribution < -0.4 is 10.6 Å². The average molecular weight is 643 g/mol. The summed E-state index contributed by atoms with van der Waals surface area (Å²) in [6.45, 7) is 5.10. The van der Waals surface area contributed by atoms with E-state index in [0.29, 0.717) is 54.9 Å². The van der Waals surface area contributed by atoms with Gasteiger partial charge in [0.2, 0.25) is 11.8 Å². The van der Waals surface area contributed by atoms with Gasteiger partial charge in [0.15, 0.2) is 5.58 Å². The van der Waals surface area contributed by atoms with E-state index in [2.05, 4.69) is 15.6 Å². The molecule has 3 fully saturated rings. The Morgan fingerprint density at radius 3 is 2.41 bits per heavy atom. The number of esters is 1. The molecule has 1 aromatic heterocycles. The molecule has 11 nitrogen and oxygen atoms in total. The van der Waals surface area contributed by atoms with Gasteiger partial charge in [-0.2, -0.15) is 0 Å². The Balaban J connectivity index is 1.27. The van der Waals surface area contributed by atoms with E-state index in [1.807, 2.05) is 0 Å². The Hall–Kier alpha value is -3.70. The third-order valence-electron chi connectivity index (χ3n) is 9.83. The van der Waals surface area contributed by atoms with Crippen LogP contribution in [0.2, 0.25) is 0 Å². The fourth-order valence-corrected chi connectivity index (χ4v) is 7.60. The molecule has 12 heteroatoms. The van der Waals surface area contributed by atoms with Gasteiger partial charge in [-0.3, -0.25) is 9.59 Å². The molecule has 3 aliphatic rings. The van der Waals surface area contributed by atoms with Crippen LogP contribution in [-0.4, -0.2) is 71.8 Å². The topological polar surface area (TPSA) is 140 Å². The first-order chi connectivity index (χ1) is 22.0. The molecule has 2 saturated carbocycles. The molecule has 3 amide bonds. The van der Waals surface area contributed by atoms with Crippen molar-refractivity contribution in [2.75, 3.05) is 25.6 Å². The standard InChI is InChI=1S/C34H47FN4O7/c1-34(2,3)46-33(43)38-26(19-35)21-10-12-22(13-11-21)31(41)39-17-16-24(20-8-6-5-7-9-20)28(39)29(40)36-23-14-15-27-25(18-23)37-30(45-27)32(42)44-4/h14-15,18,20-22,24,26,28H,5-13,16-17,19H2,1-4H3,(H,36,40)(H,38,43)/t21?,22?,24-,26+,28-/m0/s1. The molecular formula is C34H47FN4O7. The summed E-state index contributed by atoms with van der Waals surface area (Å²) < 4.78 is 29.5. The molecule has 0 bridgehead atoms. The van der Waals surface area contributed by atoms with Gasteiger partial charge in [0, 0.05) is 18.2 Å². The quantitative estimate of drug-likeness (QED) is 0.333. The Morgan fingerprint density at radius 2 is 1.76 bits per heavy atom. The molecule has 5 rings (SSSR count). The predicted octanol–water partition coefficient (Wildman–Crippen LogP) is 6.02. The lowest BCUT2D eigenvalue weighted by molar-refractivity contribution is -0.142. The number of hydrogen-bond donors (Lipinski definition) is 2. The van der Waals surface area contributed by atoms with Crippen LogP contribution in [0.4, 0.5) is 14.9 Å². The number of amides is 3. The van der Waals surface area contributed by atoms with Gasteiger partial charge in [-0.15, -0.1) is 0 Å². The fourth-order valence-electron chi connectivity index (χ4n) is 7.60. The number of hydrogen-bond acceptors (Lipinski definition) is 8. The van der Waals surface area contributed by atoms with Gasteiger partial charge in [-0.25, -0.2) is 19.0 Å². The van der Waals surface area contributed by atoms with Crippen molar-refractivity contribution < 1.29 is 37.5 Å². The van der Waals surface area contributed by atoms with E-state index in [1.165, 1.54) is 13.5 Å². The molecule has 2 aromatic rings. The van der Waals surface area contributed by atoms with Gasteiger partial charge in [0.25, 0.3) is 0 Å². The van der Waals surface area contributed by atoms with Gasteiger partial charge >= 0.3 is 18.0 Å². The van der Waals surface area contributed by atoms with Crippen molar-refractivity contribution in [3.63, 3.8) is 0 Å². The van der Waals surface area contributed by atoms with Crippen molar-refractivity contribution in [3.05, 3.63) is 24.1 Å². The monoisotopic (exact) mass is 642 g/mol. The second kappa shape index (κ2) is 14.4. The fraction of sp³-hybridized carbons (Fsp3) is 0.676. The molecular weight excluding hydrogens is 595 g/mol. The van der Waals surface area contributed by atoms with E-state index in [-0.39, 0.29) is 35.5 Å². The minimum atomic E-state index is -0.704. The Labute approximate surface area is 269 Å². The van der Waals surface area contributed by atoms with E-state index in [0.717, 1.165) is 32.1 Å². The smallest absolute Gasteiger partial charge is 0.407 e. The zero-order valence-electron chi connectivity index (χ0n) is 27.3. The maximum Gasteiger partial charge on any atom is 0.407 e. The number of likely N-dealkylation sites (tertiary alicyclic amines) is 1. The lowest BCUT2D eigenvalue weighted by atomic mass is 9.76. The van der Waals surface area contributed by atoms with Crippen molar-refractivity contribution in [2.24, 2.45) is 23.7 Å². The van der Waals surface area contributed by atoms with Crippen molar-refractivity contribution in [1.82, 2.24) is 15.2 Å². The second-order valence-corrected chi connectivity index (χ2v) is 14.0. The minimum Gasteiger partial charge on any atom is -0.462 e. The number of ether oxygens (including phenoxy) is 2. The number of aromatic nitrogens is 1. The highest BCUT2D eigenvalue weighted by Gasteiger charge is 2.47. The number of carbonyl (C=O) groups is 4. The van der Waals surface area contributed by atoms with E-state index in [4.69, 9.17) is 13.9 Å². The maximum atomic E-state index is 14.1. The lowest BCUT2D eigenvalue weighted by Crippen LogP contribution is -2.50. The van der Waals surface area contributed by atoms with Gasteiger partial charge in [0.05, 0.1) is 13.2 Å². The summed E-state index contributed by atoms with van der Waals surface area (Å²) in [5, 5.41) is 5.71. The zero-order valence-corrected chi connectivity index (χ0v) is 27.3. The van der Waals surface area contributed by atoms with E-state index in [1.54, 1.807) is 43.9 Å². The van der Waals surface area contributed by atoms with Gasteiger partial charge in [-0.05, 0) is 88.8 Å². The average Bonchev–Trinajstić information content (AvgIpc) is 3.67. The summed E-state index contributed by atoms with van der Waals surface area (Å²) in [5.41, 5.74) is 0.619. The molecule has 0 radical (unpaired) electrons. The maximum absolute atomic E-state index is 14.1. The number of oxazole rings is 1. The number of methoxy groups -OCH3 is 1. The highest BCUT2D eigenvalue weighted by molar-refractivity contribution is 5.99. The van der Waals surface area contributed by atoms with E-state index >= 15 is 0 Å². The molecule has 1 saturated heterocycles. The Kier molecular flexibility index (Phi) is 10.5. The molecule has 2 heterocycles. The number of nitrogens with zero attached hydrogens (tertiary/aromatic N) is 2. The lowest BCUT2D eigenvalue weighted by Gasteiger charge is -2.37. The molecule has 46 heavy (non-hydrogen) atoms. The third kappa shape index (κ3) is 7.81. The van der Waals surface area contributed by atoms with Crippen LogP contribution >= 0.6 is 0 Å². The molecule has 1 aliphatic heterocycles. The molecule has 1 aromatic carbocycles. The molecule has 2 aliphatic carbocycles. The first kappa shape index (κ1) is 33.7. The van der Waals surface area contributed by atoms with Crippen molar-refractivity contribution in [3.8, 4) is 0 Å². The number of carbonyl (C=O) groups excluding carboxylic acids is 4. The number of benzene rings is 1. The first-order valence-corrected chi connectivity index (χ1v) is 16.6. The summed E-state index contributed by atoms with van der Waals surface area (Å²) in [5.74, 6) is -1.03. The molecule has 252 valence electrons. The van der Waals surface area contributed by atoms with Crippen LogP contribution in [0, 0.1) is 23.7 Å². The molecule has 2 N–H and O–H groups in total. The number of alkyl halides is 1. The van der Waals surface area contributed by atoms with Crippen LogP contribution in [0.3, 0.4) is 0 Å². The number of rotatable bonds is 8. The highest BCUT2D eigenvalue weighted by atomic mass is 19.1. The van der Waals surface area contributed by atoms with Gasteiger partial charge in [0.1, 0.15) is 23.8 Å². The number of fused-ring (bicyclic) bond motifs is 1. The Bertz CT molecular complexity index is 1410. The van der Waals surface area contributed by atoms with Crippen molar-refractivity contribution >= 4 is 40.7 Å². The second-order valence-electron chi connectivity index (χ2n) is 14.0. The predicted molar refractivity (Wildman–Crippen MR) is 169 cm³/mol. The van der Waals surface area contributed by atoms with Crippen LogP contribution in [-0.2, 0) is 19.1 Å². The van der Waals surface area contributed by atoms with E-state index in [9.17, 15) is 23.6 Å². The van der Waals surface area contributed by atoms with Crippen LogP contribution in [0.5, 0.6) is 0 Å². The summed E-state index contributed by atoms with van der Waals surface area (Å²) in [6, 6.07) is 3.71. The molecule has 0 unspecified atom stereocenters. The van der Waals surface area contributed by atoms with Gasteiger partial charge in [-0.1, -0.05) is 32.1 Å². The van der Waals surface area contributed by atoms with Gasteiger partial charge < -0.3 is 29.4 Å². The molecule has 0 spiro atoms. The minimum absolute atomic E-state index is 0.0246. The largest absolute Gasteiger partial charge is 0.462 e. The van der Waals surface area contributed by atoms with Crippen LogP contribution in [0.1, 0.15) is 95.7 Å². The first-order valence-electron chi connectivity index (χ1n) is 16.6. The normalized spacial score (nSPS) is 24.8. The zero-order chi connectivity index (χ0) is 33.0. The number of nitrogens with one attached hydrogen (secondary N) is 2.